The molecule has 2 heteroatoms. The largest absolute Gasteiger partial charge is 0.508 e. The van der Waals surface area contributed by atoms with E-state index in [2.05, 4.69) is 50.2 Å². The van der Waals surface area contributed by atoms with Crippen LogP contribution >= 0.6 is 0 Å². The van der Waals surface area contributed by atoms with Crippen LogP contribution in [0.5, 0.6) is 5.75 Å². The third-order valence-corrected chi connectivity index (χ3v) is 8.22. The second-order valence-corrected chi connectivity index (χ2v) is 9.64. The summed E-state index contributed by atoms with van der Waals surface area (Å²) in [5.74, 6) is 2.85. The van der Waals surface area contributed by atoms with E-state index in [4.69, 9.17) is 0 Å². The lowest BCUT2D eigenvalue weighted by Crippen LogP contribution is -2.45. The van der Waals surface area contributed by atoms with E-state index in [1.54, 1.807) is 0 Å². The highest BCUT2D eigenvalue weighted by atomic mass is 16.3. The lowest BCUT2D eigenvalue weighted by Gasteiger charge is -2.53. The van der Waals surface area contributed by atoms with Crippen LogP contribution in [-0.2, 0) is 6.42 Å². The van der Waals surface area contributed by atoms with Gasteiger partial charge in [-0.05, 0) is 89.5 Å². The van der Waals surface area contributed by atoms with E-state index >= 15 is 0 Å². The number of hydrogen-bond donors (Lipinski definition) is 2. The summed E-state index contributed by atoms with van der Waals surface area (Å²) in [6.07, 6.45) is 4.16. The molecular formula is C25H30O2. The van der Waals surface area contributed by atoms with Gasteiger partial charge in [0.1, 0.15) is 5.75 Å². The van der Waals surface area contributed by atoms with Gasteiger partial charge in [-0.25, -0.2) is 0 Å². The van der Waals surface area contributed by atoms with Crippen LogP contribution in [0, 0.1) is 23.2 Å². The summed E-state index contributed by atoms with van der Waals surface area (Å²) in [4.78, 5) is 0. The molecule has 27 heavy (non-hydrogen) atoms. The maximum absolute atomic E-state index is 10.7. The number of aromatic hydroxyl groups is 1. The van der Waals surface area contributed by atoms with Crippen molar-refractivity contribution in [1.82, 2.24) is 0 Å². The van der Waals surface area contributed by atoms with Crippen molar-refractivity contribution in [2.75, 3.05) is 0 Å². The van der Waals surface area contributed by atoms with E-state index in [1.165, 1.54) is 29.5 Å². The van der Waals surface area contributed by atoms with Crippen molar-refractivity contribution in [1.29, 1.82) is 0 Å². The molecule has 0 heterocycles. The number of benzene rings is 2. The fourth-order valence-electron chi connectivity index (χ4n) is 7.12. The Labute approximate surface area is 162 Å². The van der Waals surface area contributed by atoms with Crippen molar-refractivity contribution in [3.8, 4) is 5.75 Å². The molecule has 0 radical (unpaired) electrons. The molecule has 0 aromatic heterocycles. The number of phenols is 1. The van der Waals surface area contributed by atoms with E-state index in [0.29, 0.717) is 35.3 Å². The summed E-state index contributed by atoms with van der Waals surface area (Å²) in [6, 6.07) is 17.0. The summed E-state index contributed by atoms with van der Waals surface area (Å²) >= 11 is 0. The van der Waals surface area contributed by atoms with E-state index < -0.39 is 0 Å². The van der Waals surface area contributed by atoms with Gasteiger partial charge < -0.3 is 10.2 Å². The molecule has 0 amide bonds. The number of aliphatic hydroxyl groups excluding tert-OH is 1. The van der Waals surface area contributed by atoms with Crippen molar-refractivity contribution in [2.45, 2.75) is 57.5 Å². The monoisotopic (exact) mass is 362 g/mol. The van der Waals surface area contributed by atoms with E-state index in [9.17, 15) is 10.2 Å². The van der Waals surface area contributed by atoms with Crippen molar-refractivity contribution in [3.63, 3.8) is 0 Å². The van der Waals surface area contributed by atoms with Gasteiger partial charge in [-0.15, -0.1) is 0 Å². The maximum Gasteiger partial charge on any atom is 0.115 e. The molecule has 2 N–H and O–H groups in total. The highest BCUT2D eigenvalue weighted by Gasteiger charge is 2.58. The molecule has 1 unspecified atom stereocenters. The number of aliphatic hydroxyl groups is 1. The summed E-state index contributed by atoms with van der Waals surface area (Å²) in [5, 5.41) is 20.8. The van der Waals surface area contributed by atoms with Gasteiger partial charge in [-0.2, -0.15) is 0 Å². The van der Waals surface area contributed by atoms with Crippen LogP contribution in [-0.4, -0.2) is 16.3 Å². The summed E-state index contributed by atoms with van der Waals surface area (Å²) in [5.41, 5.74) is 4.43. The van der Waals surface area contributed by atoms with Crippen LogP contribution in [0.1, 0.15) is 61.6 Å². The first kappa shape index (κ1) is 17.3. The van der Waals surface area contributed by atoms with Crippen molar-refractivity contribution in [2.24, 2.45) is 23.2 Å². The quantitative estimate of drug-likeness (QED) is 0.727. The first-order chi connectivity index (χ1) is 13.0. The van der Waals surface area contributed by atoms with Crippen LogP contribution in [0.4, 0.5) is 0 Å². The molecule has 2 nitrogen and oxygen atoms in total. The molecule has 0 aliphatic heterocycles. The molecule has 3 aliphatic rings. The topological polar surface area (TPSA) is 40.5 Å². The molecule has 142 valence electrons. The van der Waals surface area contributed by atoms with E-state index in [-0.39, 0.29) is 11.5 Å². The molecule has 5 rings (SSSR count). The van der Waals surface area contributed by atoms with Gasteiger partial charge in [-0.1, -0.05) is 50.2 Å². The Morgan fingerprint density at radius 3 is 2.59 bits per heavy atom. The Bertz CT molecular complexity index is 845. The van der Waals surface area contributed by atoms with Gasteiger partial charge in [0.05, 0.1) is 6.10 Å². The summed E-state index contributed by atoms with van der Waals surface area (Å²) < 4.78 is 0. The number of fused-ring (bicyclic) bond motifs is 5. The molecule has 2 aromatic carbocycles. The van der Waals surface area contributed by atoms with Crippen molar-refractivity contribution in [3.05, 3.63) is 65.2 Å². The minimum absolute atomic E-state index is 0.170. The zero-order chi connectivity index (χ0) is 18.8. The Balaban J connectivity index is 1.66. The molecule has 0 saturated heterocycles. The molecular weight excluding hydrogens is 332 g/mol. The zero-order valence-corrected chi connectivity index (χ0v) is 16.3. The second kappa shape index (κ2) is 6.10. The minimum atomic E-state index is -0.170. The van der Waals surface area contributed by atoms with Gasteiger partial charge >= 0.3 is 0 Å². The van der Waals surface area contributed by atoms with Crippen LogP contribution in [0.15, 0.2) is 48.5 Å². The summed E-state index contributed by atoms with van der Waals surface area (Å²) in [6.45, 7) is 4.70. The highest BCUT2D eigenvalue weighted by molar-refractivity contribution is 5.43. The number of phenolic OH excluding ortho intramolecular Hbond substituents is 1. The van der Waals surface area contributed by atoms with Crippen LogP contribution < -0.4 is 0 Å². The van der Waals surface area contributed by atoms with E-state index in [1.807, 2.05) is 12.1 Å². The average molecular weight is 363 g/mol. The molecule has 2 saturated carbocycles. The Morgan fingerprint density at radius 1 is 1.04 bits per heavy atom. The summed E-state index contributed by atoms with van der Waals surface area (Å²) in [7, 11) is 0. The smallest absolute Gasteiger partial charge is 0.115 e. The predicted molar refractivity (Wildman–Crippen MR) is 108 cm³/mol. The molecule has 0 spiro atoms. The second-order valence-electron chi connectivity index (χ2n) is 9.64. The minimum Gasteiger partial charge on any atom is -0.508 e. The first-order valence-corrected chi connectivity index (χ1v) is 10.5. The zero-order valence-electron chi connectivity index (χ0n) is 16.3. The SMILES string of the molecule is C[C@H]1C(O)C[C@@]2(C)CC[C@@H]3c4ccc(O)cc4C[C@@H](c4ccccc4)[C@H]3[C@H]12. The lowest BCUT2D eigenvalue weighted by atomic mass is 9.51. The van der Waals surface area contributed by atoms with E-state index in [0.717, 1.165) is 12.8 Å². The van der Waals surface area contributed by atoms with Gasteiger partial charge in [0.25, 0.3) is 0 Å². The number of hydrogen-bond acceptors (Lipinski definition) is 2. The molecule has 7 atom stereocenters. The average Bonchev–Trinajstić information content (AvgIpc) is 2.90. The van der Waals surface area contributed by atoms with Crippen LogP contribution in [0.25, 0.3) is 0 Å². The Hall–Kier alpha value is -1.80. The highest BCUT2D eigenvalue weighted by Crippen LogP contribution is 2.65. The third kappa shape index (κ3) is 2.56. The van der Waals surface area contributed by atoms with Crippen LogP contribution in [0.2, 0.25) is 0 Å². The van der Waals surface area contributed by atoms with Gasteiger partial charge in [-0.3, -0.25) is 0 Å². The normalized spacial score (nSPS) is 40.1. The third-order valence-electron chi connectivity index (χ3n) is 8.22. The van der Waals surface area contributed by atoms with Gasteiger partial charge in [0.2, 0.25) is 0 Å². The van der Waals surface area contributed by atoms with Gasteiger partial charge in [0.15, 0.2) is 0 Å². The number of rotatable bonds is 1. The van der Waals surface area contributed by atoms with Crippen molar-refractivity contribution >= 4 is 0 Å². The lowest BCUT2D eigenvalue weighted by molar-refractivity contribution is 0.0234. The Kier molecular flexibility index (Phi) is 3.91. The molecule has 2 aromatic rings. The molecule has 2 fully saturated rings. The predicted octanol–water partition coefficient (Wildman–Crippen LogP) is 5.25. The van der Waals surface area contributed by atoms with Gasteiger partial charge in [0, 0.05) is 0 Å². The van der Waals surface area contributed by atoms with Crippen LogP contribution in [0.3, 0.4) is 0 Å². The van der Waals surface area contributed by atoms with Crippen molar-refractivity contribution < 1.29 is 10.2 Å². The fourth-order valence-corrected chi connectivity index (χ4v) is 7.12. The first-order valence-electron chi connectivity index (χ1n) is 10.5. The fraction of sp³-hybridized carbons (Fsp3) is 0.520. The maximum atomic E-state index is 10.7. The molecule has 0 bridgehead atoms. The standard InChI is InChI=1S/C25H30O2/c1-15-22(27)14-25(2)11-10-20-19-9-8-18(26)12-17(19)13-21(23(20)24(15)25)16-6-4-3-5-7-16/h3-9,12,15,20-24,26-27H,10-11,13-14H2,1-2H3/t15-,20+,21-,22?,23-,24-,25+/m0/s1. The molecule has 3 aliphatic carbocycles. The Morgan fingerprint density at radius 2 is 1.81 bits per heavy atom.